The van der Waals surface area contributed by atoms with Crippen molar-refractivity contribution in [3.05, 3.63) is 34.6 Å². The van der Waals surface area contributed by atoms with Crippen molar-refractivity contribution in [3.8, 4) is 0 Å². The third-order valence-corrected chi connectivity index (χ3v) is 5.25. The summed E-state index contributed by atoms with van der Waals surface area (Å²) in [7, 11) is 0. The minimum atomic E-state index is -0.719. The highest BCUT2D eigenvalue weighted by atomic mass is 19.1. The Morgan fingerprint density at radius 3 is 2.65 bits per heavy atom. The smallest absolute Gasteiger partial charge is 0.258 e. The highest BCUT2D eigenvalue weighted by molar-refractivity contribution is 6.05. The second-order valence-corrected chi connectivity index (χ2v) is 7.04. The Morgan fingerprint density at radius 2 is 1.92 bits per heavy atom. The first kappa shape index (κ1) is 17.1. The Morgan fingerprint density at radius 1 is 1.15 bits per heavy atom. The Balaban J connectivity index is 1.54. The molecule has 3 aliphatic rings. The van der Waals surface area contributed by atoms with Crippen molar-refractivity contribution in [3.63, 3.8) is 0 Å². The lowest BCUT2D eigenvalue weighted by Crippen LogP contribution is -2.52. The minimum Gasteiger partial charge on any atom is -0.322 e. The maximum Gasteiger partial charge on any atom is 0.258 e. The molecule has 7 nitrogen and oxygen atoms in total. The van der Waals surface area contributed by atoms with Crippen LogP contribution in [0, 0.1) is 5.82 Å². The molecule has 0 radical (unpaired) electrons. The quantitative estimate of drug-likeness (QED) is 0.741. The number of imide groups is 1. The Bertz CT molecular complexity index is 776. The molecule has 0 spiro atoms. The largest absolute Gasteiger partial charge is 0.322 e. The Kier molecular flexibility index (Phi) is 4.46. The first-order valence-electron chi connectivity index (χ1n) is 8.92. The van der Waals surface area contributed by atoms with Crippen LogP contribution in [0.25, 0.3) is 0 Å². The number of carbonyl (C=O) groups excluding carboxylic acids is 3. The van der Waals surface area contributed by atoms with E-state index >= 15 is 0 Å². The minimum absolute atomic E-state index is 0.0544. The maximum atomic E-state index is 14.6. The van der Waals surface area contributed by atoms with E-state index in [2.05, 4.69) is 15.5 Å². The molecule has 8 heteroatoms. The third kappa shape index (κ3) is 3.10. The molecule has 3 heterocycles. The van der Waals surface area contributed by atoms with Crippen LogP contribution in [-0.2, 0) is 22.7 Å². The van der Waals surface area contributed by atoms with Gasteiger partial charge in [0, 0.05) is 45.7 Å². The number of hydrogen-bond acceptors (Lipinski definition) is 5. The normalized spacial score (nSPS) is 24.0. The molecule has 1 unspecified atom stereocenters. The van der Waals surface area contributed by atoms with Crippen molar-refractivity contribution in [2.45, 2.75) is 32.0 Å². The fourth-order valence-corrected chi connectivity index (χ4v) is 3.94. The molecule has 3 amide bonds. The standard InChI is InChI=1S/C18H21FN4O3/c19-13-8-11(9-22-5-3-20-4-6-22)7-12-10-23(18(26)16(12)13)14-1-2-15(24)21-17(14)25/h7-8,14,20H,1-6,9-10H2,(H,21,24,25). The first-order valence-corrected chi connectivity index (χ1v) is 8.92. The van der Waals surface area contributed by atoms with Crippen LogP contribution in [-0.4, -0.2) is 59.7 Å². The van der Waals surface area contributed by atoms with Gasteiger partial charge in [0.15, 0.2) is 0 Å². The highest BCUT2D eigenvalue weighted by Crippen LogP contribution is 2.30. The lowest BCUT2D eigenvalue weighted by molar-refractivity contribution is -0.136. The van der Waals surface area contributed by atoms with Gasteiger partial charge in [-0.2, -0.15) is 0 Å². The van der Waals surface area contributed by atoms with Gasteiger partial charge in [-0.3, -0.25) is 24.6 Å². The van der Waals surface area contributed by atoms with E-state index in [1.807, 2.05) is 6.07 Å². The van der Waals surface area contributed by atoms with Gasteiger partial charge >= 0.3 is 0 Å². The van der Waals surface area contributed by atoms with Crippen LogP contribution in [0.1, 0.15) is 34.3 Å². The number of amides is 3. The number of halogens is 1. The van der Waals surface area contributed by atoms with Crippen molar-refractivity contribution in [1.82, 2.24) is 20.4 Å². The van der Waals surface area contributed by atoms with Crippen LogP contribution in [0.2, 0.25) is 0 Å². The zero-order chi connectivity index (χ0) is 18.3. The molecule has 2 saturated heterocycles. The summed E-state index contributed by atoms with van der Waals surface area (Å²) in [5.74, 6) is -1.82. The molecule has 0 aliphatic carbocycles. The van der Waals surface area contributed by atoms with Crippen LogP contribution >= 0.6 is 0 Å². The van der Waals surface area contributed by atoms with Gasteiger partial charge in [0.05, 0.1) is 5.56 Å². The number of fused-ring (bicyclic) bond motifs is 1. The Labute approximate surface area is 150 Å². The SMILES string of the molecule is O=C1CCC(N2Cc3cc(CN4CCNCC4)cc(F)c3C2=O)C(=O)N1. The van der Waals surface area contributed by atoms with Crippen molar-refractivity contribution >= 4 is 17.7 Å². The number of nitrogens with one attached hydrogen (secondary N) is 2. The topological polar surface area (TPSA) is 81.8 Å². The van der Waals surface area contributed by atoms with Gasteiger partial charge in [0.2, 0.25) is 11.8 Å². The zero-order valence-electron chi connectivity index (χ0n) is 14.4. The van der Waals surface area contributed by atoms with Crippen LogP contribution in [0.4, 0.5) is 4.39 Å². The molecule has 26 heavy (non-hydrogen) atoms. The van der Waals surface area contributed by atoms with E-state index in [0.717, 1.165) is 31.7 Å². The lowest BCUT2D eigenvalue weighted by Gasteiger charge is -2.29. The number of piperazine rings is 1. The second kappa shape index (κ2) is 6.77. The molecule has 2 fully saturated rings. The van der Waals surface area contributed by atoms with E-state index in [1.165, 1.54) is 11.0 Å². The molecule has 0 bridgehead atoms. The number of rotatable bonds is 3. The molecular formula is C18H21FN4O3. The van der Waals surface area contributed by atoms with E-state index in [4.69, 9.17) is 0 Å². The highest BCUT2D eigenvalue weighted by Gasteiger charge is 2.40. The van der Waals surface area contributed by atoms with Crippen molar-refractivity contribution in [2.24, 2.45) is 0 Å². The van der Waals surface area contributed by atoms with Crippen molar-refractivity contribution in [1.29, 1.82) is 0 Å². The molecule has 3 aliphatic heterocycles. The average molecular weight is 360 g/mol. The van der Waals surface area contributed by atoms with Gasteiger partial charge in [-0.1, -0.05) is 6.07 Å². The summed E-state index contributed by atoms with van der Waals surface area (Å²) >= 11 is 0. The number of nitrogens with zero attached hydrogens (tertiary/aromatic N) is 2. The van der Waals surface area contributed by atoms with Crippen LogP contribution < -0.4 is 10.6 Å². The van der Waals surface area contributed by atoms with Gasteiger partial charge in [-0.15, -0.1) is 0 Å². The first-order chi connectivity index (χ1) is 12.5. The molecule has 4 rings (SSSR count). The lowest BCUT2D eigenvalue weighted by atomic mass is 10.0. The van der Waals surface area contributed by atoms with E-state index in [-0.39, 0.29) is 30.9 Å². The summed E-state index contributed by atoms with van der Waals surface area (Å²) in [5.41, 5.74) is 1.50. The summed E-state index contributed by atoms with van der Waals surface area (Å²) in [5, 5.41) is 5.54. The molecule has 0 saturated carbocycles. The number of hydrogen-bond donors (Lipinski definition) is 2. The van der Waals surface area contributed by atoms with Crippen molar-refractivity contribution in [2.75, 3.05) is 26.2 Å². The number of carbonyl (C=O) groups is 3. The van der Waals surface area contributed by atoms with Gasteiger partial charge in [-0.25, -0.2) is 4.39 Å². The molecule has 1 aromatic rings. The van der Waals surface area contributed by atoms with Crippen LogP contribution in [0.15, 0.2) is 12.1 Å². The van der Waals surface area contributed by atoms with Gasteiger partial charge in [-0.05, 0) is 23.6 Å². The monoisotopic (exact) mass is 360 g/mol. The van der Waals surface area contributed by atoms with Gasteiger partial charge in [0.1, 0.15) is 11.9 Å². The van der Waals surface area contributed by atoms with E-state index in [0.29, 0.717) is 12.1 Å². The van der Waals surface area contributed by atoms with E-state index in [1.54, 1.807) is 0 Å². The predicted molar refractivity (Wildman–Crippen MR) is 90.6 cm³/mol. The fourth-order valence-electron chi connectivity index (χ4n) is 3.94. The van der Waals surface area contributed by atoms with E-state index < -0.39 is 23.7 Å². The molecule has 0 aromatic heterocycles. The third-order valence-electron chi connectivity index (χ3n) is 5.25. The van der Waals surface area contributed by atoms with Crippen LogP contribution in [0.5, 0.6) is 0 Å². The molecule has 138 valence electrons. The molecule has 2 N–H and O–H groups in total. The number of piperidine rings is 1. The summed E-state index contributed by atoms with van der Waals surface area (Å²) in [6.07, 6.45) is 0.465. The molecular weight excluding hydrogens is 339 g/mol. The molecule has 1 atom stereocenters. The number of benzene rings is 1. The summed E-state index contributed by atoms with van der Waals surface area (Å²) < 4.78 is 14.6. The Hall–Kier alpha value is -2.32. The average Bonchev–Trinajstić information content (AvgIpc) is 2.93. The second-order valence-electron chi connectivity index (χ2n) is 7.04. The predicted octanol–water partition coefficient (Wildman–Crippen LogP) is -0.00810. The van der Waals surface area contributed by atoms with Gasteiger partial charge < -0.3 is 10.2 Å². The molecule has 1 aromatic carbocycles. The van der Waals surface area contributed by atoms with Crippen LogP contribution in [0.3, 0.4) is 0 Å². The van der Waals surface area contributed by atoms with Crippen molar-refractivity contribution < 1.29 is 18.8 Å². The fraction of sp³-hybridized carbons (Fsp3) is 0.500. The maximum absolute atomic E-state index is 14.6. The van der Waals surface area contributed by atoms with Gasteiger partial charge in [0.25, 0.3) is 5.91 Å². The van der Waals surface area contributed by atoms with E-state index in [9.17, 15) is 18.8 Å². The zero-order valence-corrected chi connectivity index (χ0v) is 14.4. The summed E-state index contributed by atoms with van der Waals surface area (Å²) in [6, 6.07) is 2.57. The summed E-state index contributed by atoms with van der Waals surface area (Å²) in [4.78, 5) is 39.7. The summed E-state index contributed by atoms with van der Waals surface area (Å²) in [6.45, 7) is 4.47.